The largest absolute Gasteiger partial charge is 0.497 e. The van der Waals surface area contributed by atoms with Crippen molar-refractivity contribution in [2.24, 2.45) is 0 Å². The molecule has 0 aliphatic carbocycles. The number of aromatic nitrogens is 4. The molecular formula is C19H20N4O3S. The molecule has 8 heteroatoms. The molecule has 3 aromatic rings. The molecule has 1 saturated heterocycles. The van der Waals surface area contributed by atoms with Crippen LogP contribution in [0.2, 0.25) is 0 Å². The van der Waals surface area contributed by atoms with Crippen molar-refractivity contribution in [2.75, 3.05) is 26.3 Å². The molecule has 0 amide bonds. The first kappa shape index (κ1) is 18.0. The fourth-order valence-corrected chi connectivity index (χ4v) is 3.83. The third kappa shape index (κ3) is 4.13. The zero-order valence-electron chi connectivity index (χ0n) is 14.9. The monoisotopic (exact) mass is 384 g/mol. The van der Waals surface area contributed by atoms with Crippen molar-refractivity contribution in [3.05, 3.63) is 48.8 Å². The molecule has 1 aliphatic rings. The van der Waals surface area contributed by atoms with Crippen LogP contribution in [0, 0.1) is 0 Å². The lowest BCUT2D eigenvalue weighted by Crippen LogP contribution is -2.25. The summed E-state index contributed by atoms with van der Waals surface area (Å²) in [6.07, 6.45) is 4.56. The highest BCUT2D eigenvalue weighted by atomic mass is 32.2. The SMILES string of the molecule is COc1ccc(-n2c(SC[C@@H]3CCOCO3)nnc2-c2ccncc2)cc1. The molecule has 0 N–H and O–H groups in total. The Bertz CT molecular complexity index is 864. The summed E-state index contributed by atoms with van der Waals surface area (Å²) in [5.74, 6) is 2.38. The first-order valence-corrected chi connectivity index (χ1v) is 9.66. The number of hydrogen-bond acceptors (Lipinski definition) is 7. The molecule has 1 atom stereocenters. The van der Waals surface area contributed by atoms with Crippen LogP contribution in [-0.2, 0) is 9.47 Å². The quantitative estimate of drug-likeness (QED) is 0.604. The van der Waals surface area contributed by atoms with Crippen LogP contribution in [0.5, 0.6) is 5.75 Å². The summed E-state index contributed by atoms with van der Waals surface area (Å²) in [5, 5.41) is 9.69. The minimum Gasteiger partial charge on any atom is -0.497 e. The van der Waals surface area contributed by atoms with Crippen LogP contribution in [0.4, 0.5) is 0 Å². The van der Waals surface area contributed by atoms with Gasteiger partial charge in [-0.3, -0.25) is 9.55 Å². The van der Waals surface area contributed by atoms with Crippen LogP contribution in [0.3, 0.4) is 0 Å². The van der Waals surface area contributed by atoms with E-state index in [1.54, 1.807) is 31.3 Å². The fraction of sp³-hybridized carbons (Fsp3) is 0.316. The summed E-state index contributed by atoms with van der Waals surface area (Å²) in [6.45, 7) is 1.09. The molecule has 0 saturated carbocycles. The molecule has 1 fully saturated rings. The van der Waals surface area contributed by atoms with Crippen LogP contribution >= 0.6 is 11.8 Å². The number of hydrogen-bond donors (Lipinski definition) is 0. The molecule has 1 aliphatic heterocycles. The lowest BCUT2D eigenvalue weighted by atomic mass is 10.2. The second-order valence-corrected chi connectivity index (χ2v) is 6.98. The molecule has 140 valence electrons. The number of nitrogens with zero attached hydrogens (tertiary/aromatic N) is 4. The average Bonchev–Trinajstić information content (AvgIpc) is 3.17. The molecule has 27 heavy (non-hydrogen) atoms. The maximum Gasteiger partial charge on any atom is 0.196 e. The van der Waals surface area contributed by atoms with Gasteiger partial charge in [-0.1, -0.05) is 11.8 Å². The van der Waals surface area contributed by atoms with Gasteiger partial charge in [0.15, 0.2) is 11.0 Å². The Morgan fingerprint density at radius 2 is 1.96 bits per heavy atom. The first-order valence-electron chi connectivity index (χ1n) is 8.67. The Hall–Kier alpha value is -2.42. The highest BCUT2D eigenvalue weighted by molar-refractivity contribution is 7.99. The zero-order chi connectivity index (χ0) is 18.5. The normalized spacial score (nSPS) is 17.0. The highest BCUT2D eigenvalue weighted by Crippen LogP contribution is 2.29. The van der Waals surface area contributed by atoms with E-state index in [1.807, 2.05) is 36.4 Å². The van der Waals surface area contributed by atoms with E-state index in [-0.39, 0.29) is 6.10 Å². The Labute approximate surface area is 161 Å². The lowest BCUT2D eigenvalue weighted by Gasteiger charge is -2.22. The number of thioether (sulfide) groups is 1. The first-order chi connectivity index (χ1) is 13.3. The van der Waals surface area contributed by atoms with Gasteiger partial charge in [0.25, 0.3) is 0 Å². The van der Waals surface area contributed by atoms with Gasteiger partial charge < -0.3 is 14.2 Å². The highest BCUT2D eigenvalue weighted by Gasteiger charge is 2.20. The Morgan fingerprint density at radius 3 is 2.67 bits per heavy atom. The van der Waals surface area contributed by atoms with Crippen molar-refractivity contribution in [3.63, 3.8) is 0 Å². The van der Waals surface area contributed by atoms with Gasteiger partial charge >= 0.3 is 0 Å². The van der Waals surface area contributed by atoms with E-state index < -0.39 is 0 Å². The standard InChI is InChI=1S/C19H20N4O3S/c1-24-16-4-2-15(3-5-16)23-18(14-6-9-20-10-7-14)21-22-19(23)27-12-17-8-11-25-13-26-17/h2-7,9-10,17H,8,11-13H2,1H3/t17-/m0/s1. The van der Waals surface area contributed by atoms with Crippen molar-refractivity contribution in [2.45, 2.75) is 17.7 Å². The van der Waals surface area contributed by atoms with Gasteiger partial charge in [0.1, 0.15) is 12.5 Å². The third-order valence-corrected chi connectivity index (χ3v) is 5.33. The number of rotatable bonds is 6. The summed E-state index contributed by atoms with van der Waals surface area (Å²) in [5.41, 5.74) is 1.94. The summed E-state index contributed by atoms with van der Waals surface area (Å²) in [4.78, 5) is 4.09. The van der Waals surface area contributed by atoms with Gasteiger partial charge in [-0.25, -0.2) is 0 Å². The minimum atomic E-state index is 0.161. The van der Waals surface area contributed by atoms with Crippen LogP contribution < -0.4 is 4.74 Å². The second-order valence-electron chi connectivity index (χ2n) is 5.99. The topological polar surface area (TPSA) is 71.3 Å². The molecule has 4 rings (SSSR count). The predicted molar refractivity (Wildman–Crippen MR) is 102 cm³/mol. The number of methoxy groups -OCH3 is 1. The van der Waals surface area contributed by atoms with Crippen LogP contribution in [0.15, 0.2) is 53.9 Å². The summed E-state index contributed by atoms with van der Waals surface area (Å²) < 4.78 is 18.2. The second kappa shape index (κ2) is 8.51. The van der Waals surface area contributed by atoms with E-state index in [9.17, 15) is 0 Å². The molecule has 3 heterocycles. The van der Waals surface area contributed by atoms with Gasteiger partial charge in [0.05, 0.1) is 19.8 Å². The Kier molecular flexibility index (Phi) is 5.66. The van der Waals surface area contributed by atoms with Gasteiger partial charge in [-0.15, -0.1) is 10.2 Å². The smallest absolute Gasteiger partial charge is 0.196 e. The Morgan fingerprint density at radius 1 is 1.15 bits per heavy atom. The number of benzene rings is 1. The van der Waals surface area contributed by atoms with Gasteiger partial charge in [-0.05, 0) is 42.8 Å². The summed E-state index contributed by atoms with van der Waals surface area (Å²) in [6, 6.07) is 11.7. The van der Waals surface area contributed by atoms with E-state index in [2.05, 4.69) is 19.7 Å². The molecule has 0 bridgehead atoms. The molecule has 0 radical (unpaired) electrons. The Balaban J connectivity index is 1.66. The van der Waals surface area contributed by atoms with Gasteiger partial charge in [0, 0.05) is 29.4 Å². The van der Waals surface area contributed by atoms with Crippen molar-refractivity contribution in [3.8, 4) is 22.8 Å². The fourth-order valence-electron chi connectivity index (χ4n) is 2.82. The number of ether oxygens (including phenoxy) is 3. The van der Waals surface area contributed by atoms with Crippen molar-refractivity contribution in [1.82, 2.24) is 19.7 Å². The third-order valence-electron chi connectivity index (χ3n) is 4.27. The average molecular weight is 384 g/mol. The van der Waals surface area contributed by atoms with Crippen molar-refractivity contribution in [1.29, 1.82) is 0 Å². The van der Waals surface area contributed by atoms with E-state index >= 15 is 0 Å². The van der Waals surface area contributed by atoms with Gasteiger partial charge in [-0.2, -0.15) is 0 Å². The summed E-state index contributed by atoms with van der Waals surface area (Å²) >= 11 is 1.64. The summed E-state index contributed by atoms with van der Waals surface area (Å²) in [7, 11) is 1.66. The molecule has 0 unspecified atom stereocenters. The minimum absolute atomic E-state index is 0.161. The maximum atomic E-state index is 5.64. The molecule has 0 spiro atoms. The van der Waals surface area contributed by atoms with Crippen LogP contribution in [-0.4, -0.2) is 52.1 Å². The number of pyridine rings is 1. The van der Waals surface area contributed by atoms with Crippen molar-refractivity contribution >= 4 is 11.8 Å². The maximum absolute atomic E-state index is 5.64. The zero-order valence-corrected chi connectivity index (χ0v) is 15.8. The molecule has 2 aromatic heterocycles. The van der Waals surface area contributed by atoms with E-state index in [4.69, 9.17) is 14.2 Å². The molecule has 7 nitrogen and oxygen atoms in total. The molecule has 1 aromatic carbocycles. The van der Waals surface area contributed by atoms with Crippen LogP contribution in [0.25, 0.3) is 17.1 Å². The van der Waals surface area contributed by atoms with E-state index in [0.29, 0.717) is 6.79 Å². The lowest BCUT2D eigenvalue weighted by molar-refractivity contribution is -0.130. The predicted octanol–water partition coefficient (Wildman–Crippen LogP) is 3.19. The van der Waals surface area contributed by atoms with Crippen LogP contribution in [0.1, 0.15) is 6.42 Å². The molecular weight excluding hydrogens is 364 g/mol. The van der Waals surface area contributed by atoms with E-state index in [0.717, 1.165) is 46.8 Å². The van der Waals surface area contributed by atoms with Crippen molar-refractivity contribution < 1.29 is 14.2 Å². The van der Waals surface area contributed by atoms with Gasteiger partial charge in [0.2, 0.25) is 0 Å². The van der Waals surface area contributed by atoms with E-state index in [1.165, 1.54) is 0 Å².